The number of rotatable bonds is 1. The smallest absolute Gasteiger partial charge is 0.356 e. The number of pyridine rings is 1. The van der Waals surface area contributed by atoms with E-state index in [0.717, 1.165) is 19.7 Å². The molecule has 2 rings (SSSR count). The minimum Gasteiger partial charge on any atom is -0.464 e. The summed E-state index contributed by atoms with van der Waals surface area (Å²) in [6, 6.07) is 5.36. The zero-order valence-corrected chi connectivity index (χ0v) is 12.6. The van der Waals surface area contributed by atoms with Crippen molar-refractivity contribution in [1.82, 2.24) is 4.98 Å². The third-order valence-corrected chi connectivity index (χ3v) is 3.87. The van der Waals surface area contributed by atoms with E-state index in [2.05, 4.69) is 41.6 Å². The molecule has 1 aromatic carbocycles. The molecule has 3 nitrogen and oxygen atoms in total. The number of nitrogens with zero attached hydrogens (tertiary/aromatic N) is 1. The molecule has 6 heteroatoms. The summed E-state index contributed by atoms with van der Waals surface area (Å²) in [5.41, 5.74) is 0.184. The zero-order chi connectivity index (χ0) is 12.6. The predicted molar refractivity (Wildman–Crippen MR) is 73.5 cm³/mol. The number of benzene rings is 1. The molecule has 0 saturated carbocycles. The van der Waals surface area contributed by atoms with Crippen LogP contribution in [0.3, 0.4) is 0 Å². The first kappa shape index (κ1) is 12.8. The molecule has 0 atom stereocenters. The van der Waals surface area contributed by atoms with Crippen molar-refractivity contribution in [3.05, 3.63) is 38.0 Å². The van der Waals surface area contributed by atoms with Crippen molar-refractivity contribution in [2.24, 2.45) is 0 Å². The molecule has 2 aromatic rings. The minimum absolute atomic E-state index is 0.184. The Morgan fingerprint density at radius 2 is 2.00 bits per heavy atom. The molecule has 0 amide bonds. The number of carbonyl (C=O) groups excluding carboxylic acids is 1. The van der Waals surface area contributed by atoms with Crippen LogP contribution < -0.4 is 0 Å². The van der Waals surface area contributed by atoms with Crippen LogP contribution in [0.1, 0.15) is 10.5 Å². The quantitative estimate of drug-likeness (QED) is 0.551. The van der Waals surface area contributed by atoms with Crippen LogP contribution in [0, 0.1) is 0 Å². The van der Waals surface area contributed by atoms with E-state index in [9.17, 15) is 4.79 Å². The highest BCUT2D eigenvalue weighted by Crippen LogP contribution is 2.34. The van der Waals surface area contributed by atoms with Crippen LogP contribution in [-0.2, 0) is 4.74 Å². The molecular formula is C11H6Br2ClNO2. The minimum atomic E-state index is -0.513. The first-order chi connectivity index (χ1) is 8.04. The summed E-state index contributed by atoms with van der Waals surface area (Å²) in [6.45, 7) is 0. The SMILES string of the molecule is COC(=O)c1cc2c(Br)ccc(Br)c2c(Cl)n1. The largest absolute Gasteiger partial charge is 0.464 e. The predicted octanol–water partition coefficient (Wildman–Crippen LogP) is 4.20. The maximum atomic E-state index is 11.4. The maximum Gasteiger partial charge on any atom is 0.356 e. The second-order valence-electron chi connectivity index (χ2n) is 3.24. The van der Waals surface area contributed by atoms with Gasteiger partial charge in [0.1, 0.15) is 5.15 Å². The number of hydrogen-bond donors (Lipinski definition) is 0. The van der Waals surface area contributed by atoms with Gasteiger partial charge in [-0.1, -0.05) is 43.5 Å². The van der Waals surface area contributed by atoms with Gasteiger partial charge in [-0.05, 0) is 18.2 Å². The van der Waals surface area contributed by atoms with Crippen molar-refractivity contribution in [2.45, 2.75) is 0 Å². The molecule has 0 aliphatic heterocycles. The summed E-state index contributed by atoms with van der Waals surface area (Å²) < 4.78 is 6.29. The Bertz CT molecular complexity index is 616. The maximum absolute atomic E-state index is 11.4. The molecule has 0 unspecified atom stereocenters. The zero-order valence-electron chi connectivity index (χ0n) is 8.63. The van der Waals surface area contributed by atoms with Gasteiger partial charge in [-0.3, -0.25) is 0 Å². The fourth-order valence-corrected chi connectivity index (χ4v) is 2.85. The van der Waals surface area contributed by atoms with E-state index in [0.29, 0.717) is 0 Å². The van der Waals surface area contributed by atoms with Crippen molar-refractivity contribution < 1.29 is 9.53 Å². The fourth-order valence-electron chi connectivity index (χ4n) is 1.46. The standard InChI is InChI=1S/C11H6Br2ClNO2/c1-17-11(16)8-4-5-6(12)2-3-7(13)9(5)10(14)15-8/h2-4H,1H3. The van der Waals surface area contributed by atoms with Gasteiger partial charge < -0.3 is 4.74 Å². The Balaban J connectivity index is 2.82. The van der Waals surface area contributed by atoms with Crippen LogP contribution in [0.15, 0.2) is 27.1 Å². The Hall–Kier alpha value is -0.650. The summed E-state index contributed by atoms with van der Waals surface area (Å²) in [4.78, 5) is 15.4. The van der Waals surface area contributed by atoms with E-state index in [1.165, 1.54) is 7.11 Å². The Morgan fingerprint density at radius 3 is 2.65 bits per heavy atom. The third-order valence-electron chi connectivity index (χ3n) is 2.24. The van der Waals surface area contributed by atoms with Crippen molar-refractivity contribution in [3.8, 4) is 0 Å². The van der Waals surface area contributed by atoms with E-state index in [4.69, 9.17) is 11.6 Å². The number of ether oxygens (including phenoxy) is 1. The monoisotopic (exact) mass is 377 g/mol. The molecule has 1 heterocycles. The van der Waals surface area contributed by atoms with Gasteiger partial charge in [0.15, 0.2) is 5.69 Å². The normalized spacial score (nSPS) is 10.6. The Labute approximate surface area is 119 Å². The highest BCUT2D eigenvalue weighted by Gasteiger charge is 2.14. The molecule has 0 fully saturated rings. The summed E-state index contributed by atoms with van der Waals surface area (Å²) in [6.07, 6.45) is 0. The van der Waals surface area contributed by atoms with Gasteiger partial charge in [0.05, 0.1) is 7.11 Å². The topological polar surface area (TPSA) is 39.2 Å². The van der Waals surface area contributed by atoms with Gasteiger partial charge in [0.25, 0.3) is 0 Å². The number of methoxy groups -OCH3 is 1. The number of fused-ring (bicyclic) bond motifs is 1. The van der Waals surface area contributed by atoms with E-state index < -0.39 is 5.97 Å². The second kappa shape index (κ2) is 4.92. The molecule has 0 radical (unpaired) electrons. The molecule has 17 heavy (non-hydrogen) atoms. The van der Waals surface area contributed by atoms with E-state index in [-0.39, 0.29) is 10.8 Å². The van der Waals surface area contributed by atoms with Crippen LogP contribution in [0.25, 0.3) is 10.8 Å². The van der Waals surface area contributed by atoms with Gasteiger partial charge in [-0.25, -0.2) is 9.78 Å². The molecule has 0 saturated heterocycles. The van der Waals surface area contributed by atoms with Gasteiger partial charge in [-0.2, -0.15) is 0 Å². The Kier molecular flexibility index (Phi) is 3.70. The Morgan fingerprint density at radius 1 is 1.35 bits per heavy atom. The first-order valence-corrected chi connectivity index (χ1v) is 6.53. The van der Waals surface area contributed by atoms with Gasteiger partial charge in [-0.15, -0.1) is 0 Å². The molecule has 0 N–H and O–H groups in total. The number of aromatic nitrogens is 1. The molecule has 0 aliphatic carbocycles. The van der Waals surface area contributed by atoms with Crippen LogP contribution in [-0.4, -0.2) is 18.1 Å². The lowest BCUT2D eigenvalue weighted by molar-refractivity contribution is 0.0594. The van der Waals surface area contributed by atoms with Crippen LogP contribution in [0.2, 0.25) is 5.15 Å². The summed E-state index contributed by atoms with van der Waals surface area (Å²) in [5, 5.41) is 1.82. The summed E-state index contributed by atoms with van der Waals surface area (Å²) in [7, 11) is 1.30. The molecule has 0 aliphatic rings. The van der Waals surface area contributed by atoms with Crippen molar-refractivity contribution in [2.75, 3.05) is 7.11 Å². The lowest BCUT2D eigenvalue weighted by atomic mass is 10.1. The number of hydrogen-bond acceptors (Lipinski definition) is 3. The average molecular weight is 379 g/mol. The van der Waals surface area contributed by atoms with Crippen LogP contribution >= 0.6 is 43.5 Å². The lowest BCUT2D eigenvalue weighted by Crippen LogP contribution is -2.04. The van der Waals surface area contributed by atoms with Crippen molar-refractivity contribution >= 4 is 60.2 Å². The fraction of sp³-hybridized carbons (Fsp3) is 0.0909. The number of carbonyl (C=O) groups is 1. The van der Waals surface area contributed by atoms with Gasteiger partial charge in [0.2, 0.25) is 0 Å². The first-order valence-electron chi connectivity index (χ1n) is 4.57. The van der Waals surface area contributed by atoms with Crippen molar-refractivity contribution in [3.63, 3.8) is 0 Å². The molecule has 0 spiro atoms. The summed E-state index contributed by atoms with van der Waals surface area (Å²) >= 11 is 12.9. The molecule has 88 valence electrons. The lowest BCUT2D eigenvalue weighted by Gasteiger charge is -2.07. The van der Waals surface area contributed by atoms with E-state index >= 15 is 0 Å². The highest BCUT2D eigenvalue weighted by atomic mass is 79.9. The number of esters is 1. The highest BCUT2D eigenvalue weighted by molar-refractivity contribution is 9.11. The van der Waals surface area contributed by atoms with Crippen LogP contribution in [0.4, 0.5) is 0 Å². The van der Waals surface area contributed by atoms with Crippen molar-refractivity contribution in [1.29, 1.82) is 0 Å². The average Bonchev–Trinajstić information content (AvgIpc) is 2.32. The van der Waals surface area contributed by atoms with Gasteiger partial charge >= 0.3 is 5.97 Å². The molecule has 1 aromatic heterocycles. The van der Waals surface area contributed by atoms with E-state index in [1.54, 1.807) is 6.07 Å². The number of halogens is 3. The van der Waals surface area contributed by atoms with E-state index in [1.807, 2.05) is 12.1 Å². The second-order valence-corrected chi connectivity index (χ2v) is 5.31. The summed E-state index contributed by atoms with van der Waals surface area (Å²) in [5.74, 6) is -0.513. The molecule has 0 bridgehead atoms. The molecular weight excluding hydrogens is 373 g/mol. The van der Waals surface area contributed by atoms with Gasteiger partial charge in [0, 0.05) is 19.7 Å². The third kappa shape index (κ3) is 2.32. The van der Waals surface area contributed by atoms with Crippen LogP contribution in [0.5, 0.6) is 0 Å².